The van der Waals surface area contributed by atoms with E-state index in [-0.39, 0.29) is 0 Å². The highest BCUT2D eigenvalue weighted by Crippen LogP contribution is 2.24. The molecule has 6 nitrogen and oxygen atoms in total. The molecule has 6 heteroatoms. The first kappa shape index (κ1) is 14.5. The monoisotopic (exact) mass is 259 g/mol. The summed E-state index contributed by atoms with van der Waals surface area (Å²) in [4.78, 5) is 24.2. The van der Waals surface area contributed by atoms with Crippen LogP contribution < -0.4 is 0 Å². The van der Waals surface area contributed by atoms with E-state index < -0.39 is 18.1 Å². The van der Waals surface area contributed by atoms with E-state index in [1.165, 1.54) is 19.1 Å². The summed E-state index contributed by atoms with van der Waals surface area (Å²) in [5.74, 6) is -0.519. The van der Waals surface area contributed by atoms with Crippen LogP contribution in [0.3, 0.4) is 0 Å². The number of carbonyl (C=O) groups is 2. The van der Waals surface area contributed by atoms with Crippen LogP contribution >= 0.6 is 0 Å². The molecule has 0 aliphatic carbocycles. The number of azide groups is 1. The van der Waals surface area contributed by atoms with Gasteiger partial charge in [-0.1, -0.05) is 35.4 Å². The summed E-state index contributed by atoms with van der Waals surface area (Å²) in [6.45, 7) is 1.25. The minimum Gasteiger partial charge on any atom is -0.458 e. The molecular weight excluding hydrogens is 246 g/mol. The Morgan fingerprint density at radius 2 is 2.11 bits per heavy atom. The van der Waals surface area contributed by atoms with Crippen molar-refractivity contribution >= 4 is 12.3 Å². The average molecular weight is 259 g/mol. The predicted molar refractivity (Wildman–Crippen MR) is 69.1 cm³/mol. The van der Waals surface area contributed by atoms with Gasteiger partial charge in [-0.2, -0.15) is 0 Å². The van der Waals surface area contributed by atoms with E-state index in [2.05, 4.69) is 10.0 Å². The first-order valence-electron chi connectivity index (χ1n) is 5.57. The quantitative estimate of drug-likeness (QED) is 0.196. The Hall–Kier alpha value is -2.59. The lowest BCUT2D eigenvalue weighted by atomic mass is 10.0. The fraction of sp³-hybridized carbons (Fsp3) is 0.231. The highest BCUT2D eigenvalue weighted by molar-refractivity contribution is 5.67. The van der Waals surface area contributed by atoms with Crippen LogP contribution in [-0.2, 0) is 14.3 Å². The zero-order chi connectivity index (χ0) is 14.1. The Bertz CT molecular complexity index is 507. The second-order valence-electron chi connectivity index (χ2n) is 3.66. The van der Waals surface area contributed by atoms with E-state index >= 15 is 0 Å². The number of hydrogen-bond acceptors (Lipinski definition) is 4. The van der Waals surface area contributed by atoms with Gasteiger partial charge in [0.1, 0.15) is 18.4 Å². The minimum atomic E-state index is -0.819. The maximum Gasteiger partial charge on any atom is 0.303 e. The molecule has 0 spiro atoms. The molecule has 0 radical (unpaired) electrons. The Morgan fingerprint density at radius 3 is 2.63 bits per heavy atom. The molecular formula is C13H13N3O3. The first-order chi connectivity index (χ1) is 9.19. The van der Waals surface area contributed by atoms with Crippen molar-refractivity contribution in [2.24, 2.45) is 5.11 Å². The van der Waals surface area contributed by atoms with Crippen LogP contribution in [0.1, 0.15) is 18.5 Å². The molecule has 0 saturated heterocycles. The second kappa shape index (κ2) is 7.68. The van der Waals surface area contributed by atoms with E-state index in [9.17, 15) is 9.59 Å². The summed E-state index contributed by atoms with van der Waals surface area (Å²) >= 11 is 0. The average Bonchev–Trinajstić information content (AvgIpc) is 2.41. The number of rotatable bonds is 6. The number of nitrogens with zero attached hydrogens (tertiary/aromatic N) is 3. The third-order valence-corrected chi connectivity index (χ3v) is 2.31. The van der Waals surface area contributed by atoms with Gasteiger partial charge in [-0.25, -0.2) is 0 Å². The molecule has 0 amide bonds. The van der Waals surface area contributed by atoms with Gasteiger partial charge in [-0.3, -0.25) is 9.59 Å². The normalized spacial score (nSPS) is 13.3. The number of carbonyl (C=O) groups excluding carboxylic acids is 2. The predicted octanol–water partition coefficient (Wildman–Crippen LogP) is 2.72. The van der Waals surface area contributed by atoms with Gasteiger partial charge in [0, 0.05) is 11.8 Å². The third-order valence-electron chi connectivity index (χ3n) is 2.31. The van der Waals surface area contributed by atoms with Crippen molar-refractivity contribution in [1.29, 1.82) is 0 Å². The van der Waals surface area contributed by atoms with Gasteiger partial charge in [0.25, 0.3) is 0 Å². The van der Waals surface area contributed by atoms with E-state index in [0.29, 0.717) is 11.8 Å². The number of allylic oxidation sites excluding steroid dienone is 1. The topological polar surface area (TPSA) is 92.1 Å². The van der Waals surface area contributed by atoms with E-state index in [4.69, 9.17) is 10.3 Å². The molecule has 0 aromatic heterocycles. The zero-order valence-corrected chi connectivity index (χ0v) is 10.3. The summed E-state index contributed by atoms with van der Waals surface area (Å²) in [5, 5.41) is 3.64. The lowest BCUT2D eigenvalue weighted by Gasteiger charge is -2.20. The smallest absolute Gasteiger partial charge is 0.303 e. The van der Waals surface area contributed by atoms with Crippen molar-refractivity contribution in [1.82, 2.24) is 0 Å². The molecule has 0 aliphatic heterocycles. The van der Waals surface area contributed by atoms with Crippen LogP contribution in [0.2, 0.25) is 0 Å². The first-order valence-corrected chi connectivity index (χ1v) is 5.57. The maximum absolute atomic E-state index is 11.1. The van der Waals surface area contributed by atoms with Gasteiger partial charge in [0.2, 0.25) is 0 Å². The molecule has 0 bridgehead atoms. The highest BCUT2D eigenvalue weighted by Gasteiger charge is 2.22. The van der Waals surface area contributed by atoms with Gasteiger partial charge in [0.05, 0.1) is 0 Å². The molecule has 0 N–H and O–H groups in total. The molecule has 1 aromatic rings. The molecule has 0 saturated carbocycles. The van der Waals surface area contributed by atoms with Crippen molar-refractivity contribution in [2.75, 3.05) is 0 Å². The van der Waals surface area contributed by atoms with Gasteiger partial charge >= 0.3 is 5.97 Å². The number of benzene rings is 1. The molecule has 19 heavy (non-hydrogen) atoms. The lowest BCUT2D eigenvalue weighted by Crippen LogP contribution is -2.21. The summed E-state index contributed by atoms with van der Waals surface area (Å²) in [7, 11) is 0. The molecule has 0 unspecified atom stereocenters. The van der Waals surface area contributed by atoms with Crippen LogP contribution in [0.15, 0.2) is 47.6 Å². The standard InChI is InChI=1S/C13H13N3O3/c1-10(18)19-12(8-5-9-17)13(15-16-14)11-6-3-2-4-7-11/h2-9,12-13H,1H3/b8-5+/t12-,13+/m1/s1. The molecule has 0 heterocycles. The van der Waals surface area contributed by atoms with Crippen molar-refractivity contribution in [3.05, 3.63) is 58.5 Å². The Labute approximate surface area is 110 Å². The highest BCUT2D eigenvalue weighted by atomic mass is 16.5. The Kier molecular flexibility index (Phi) is 5.85. The van der Waals surface area contributed by atoms with Crippen molar-refractivity contribution < 1.29 is 14.3 Å². The SMILES string of the molecule is CC(=O)O[C@H](/C=C/C=O)[C@@H](N=[N+]=[N-])c1ccccc1. The van der Waals surface area contributed by atoms with Crippen LogP contribution in [0.25, 0.3) is 10.4 Å². The third kappa shape index (κ3) is 4.65. The van der Waals surface area contributed by atoms with E-state index in [1.807, 2.05) is 6.07 Å². The van der Waals surface area contributed by atoms with Crippen LogP contribution in [0.4, 0.5) is 0 Å². The van der Waals surface area contributed by atoms with Crippen molar-refractivity contribution in [2.45, 2.75) is 19.1 Å². The van der Waals surface area contributed by atoms with Crippen molar-refractivity contribution in [3.8, 4) is 0 Å². The minimum absolute atomic E-state index is 0.519. The second-order valence-corrected chi connectivity index (χ2v) is 3.66. The molecule has 98 valence electrons. The Balaban J connectivity index is 3.11. The van der Waals surface area contributed by atoms with Gasteiger partial charge in [-0.05, 0) is 23.2 Å². The summed E-state index contributed by atoms with van der Waals surface area (Å²) < 4.78 is 5.07. The number of esters is 1. The number of aldehydes is 1. The van der Waals surface area contributed by atoms with Crippen LogP contribution in [0.5, 0.6) is 0 Å². The largest absolute Gasteiger partial charge is 0.458 e. The summed E-state index contributed by atoms with van der Waals surface area (Å²) in [5.41, 5.74) is 9.33. The Morgan fingerprint density at radius 1 is 1.42 bits per heavy atom. The number of ether oxygens (including phenoxy) is 1. The van der Waals surface area contributed by atoms with Gasteiger partial charge in [-0.15, -0.1) is 0 Å². The molecule has 0 aliphatic rings. The fourth-order valence-electron chi connectivity index (χ4n) is 1.58. The molecule has 0 fully saturated rings. The zero-order valence-electron chi connectivity index (χ0n) is 10.3. The lowest BCUT2D eigenvalue weighted by molar-refractivity contribution is -0.145. The molecule has 1 rings (SSSR count). The van der Waals surface area contributed by atoms with E-state index in [1.54, 1.807) is 24.3 Å². The number of hydrogen-bond donors (Lipinski definition) is 0. The fourth-order valence-corrected chi connectivity index (χ4v) is 1.58. The van der Waals surface area contributed by atoms with Crippen LogP contribution in [0, 0.1) is 0 Å². The summed E-state index contributed by atoms with van der Waals surface area (Å²) in [6.07, 6.45) is 2.34. The maximum atomic E-state index is 11.1. The summed E-state index contributed by atoms with van der Waals surface area (Å²) in [6, 6.07) is 8.17. The van der Waals surface area contributed by atoms with Crippen LogP contribution in [-0.4, -0.2) is 18.4 Å². The van der Waals surface area contributed by atoms with Gasteiger partial charge in [0.15, 0.2) is 0 Å². The van der Waals surface area contributed by atoms with E-state index in [0.717, 1.165) is 0 Å². The molecule has 1 aromatic carbocycles. The van der Waals surface area contributed by atoms with Gasteiger partial charge < -0.3 is 4.74 Å². The molecule has 2 atom stereocenters. The van der Waals surface area contributed by atoms with Crippen molar-refractivity contribution in [3.63, 3.8) is 0 Å².